The van der Waals surface area contributed by atoms with E-state index in [4.69, 9.17) is 0 Å². The van der Waals surface area contributed by atoms with Gasteiger partial charge in [0.05, 0.1) is 6.10 Å². The maximum atomic E-state index is 9.41. The maximum absolute atomic E-state index is 9.41. The van der Waals surface area contributed by atoms with Crippen LogP contribution in [0.3, 0.4) is 0 Å². The van der Waals surface area contributed by atoms with Crippen LogP contribution in [-0.4, -0.2) is 11.2 Å². The van der Waals surface area contributed by atoms with E-state index in [2.05, 4.69) is 20.8 Å². The van der Waals surface area contributed by atoms with Gasteiger partial charge in [0, 0.05) is 0 Å². The molecule has 0 spiro atoms. The van der Waals surface area contributed by atoms with Crippen molar-refractivity contribution in [2.24, 2.45) is 11.8 Å². The van der Waals surface area contributed by atoms with E-state index in [1.807, 2.05) is 6.92 Å². The summed E-state index contributed by atoms with van der Waals surface area (Å²) in [4.78, 5) is 0. The topological polar surface area (TPSA) is 20.2 Å². The van der Waals surface area contributed by atoms with Crippen LogP contribution in [-0.2, 0) is 0 Å². The molecule has 1 nitrogen and oxygen atoms in total. The summed E-state index contributed by atoms with van der Waals surface area (Å²) in [6.45, 7) is 8.83. The summed E-state index contributed by atoms with van der Waals surface area (Å²) in [6.07, 6.45) is 11.6. The normalized spacial score (nSPS) is 16.8. The van der Waals surface area contributed by atoms with Gasteiger partial charge in [0.1, 0.15) is 0 Å². The number of aliphatic hydroxyl groups excluding tert-OH is 1. The Morgan fingerprint density at radius 1 is 0.882 bits per heavy atom. The Hall–Kier alpha value is -0.0400. The zero-order valence-electron chi connectivity index (χ0n) is 12.5. The van der Waals surface area contributed by atoms with E-state index in [-0.39, 0.29) is 6.10 Å². The van der Waals surface area contributed by atoms with Gasteiger partial charge in [-0.25, -0.2) is 0 Å². The van der Waals surface area contributed by atoms with Crippen molar-refractivity contribution in [1.82, 2.24) is 0 Å². The van der Waals surface area contributed by atoms with E-state index in [1.54, 1.807) is 0 Å². The standard InChI is InChI=1S/C16H34O/c1-5-7-8-10-14(3)11-9-12-16(6-2)13-15(4)17/h14-17H,5-13H2,1-4H3. The summed E-state index contributed by atoms with van der Waals surface area (Å²) in [6, 6.07) is 0. The van der Waals surface area contributed by atoms with E-state index in [0.717, 1.165) is 18.3 Å². The molecule has 0 aromatic heterocycles. The first kappa shape index (κ1) is 17.0. The smallest absolute Gasteiger partial charge is 0.0514 e. The minimum Gasteiger partial charge on any atom is -0.393 e. The summed E-state index contributed by atoms with van der Waals surface area (Å²) in [7, 11) is 0. The maximum Gasteiger partial charge on any atom is 0.0514 e. The molecular formula is C16H34O. The third-order valence-electron chi connectivity index (χ3n) is 3.86. The Morgan fingerprint density at radius 3 is 2.06 bits per heavy atom. The average molecular weight is 242 g/mol. The summed E-state index contributed by atoms with van der Waals surface area (Å²) in [5, 5.41) is 9.41. The fourth-order valence-corrected chi connectivity index (χ4v) is 2.61. The lowest BCUT2D eigenvalue weighted by molar-refractivity contribution is 0.154. The van der Waals surface area contributed by atoms with Gasteiger partial charge in [-0.3, -0.25) is 0 Å². The van der Waals surface area contributed by atoms with Gasteiger partial charge in [-0.15, -0.1) is 0 Å². The van der Waals surface area contributed by atoms with E-state index >= 15 is 0 Å². The molecule has 1 heteroatoms. The summed E-state index contributed by atoms with van der Waals surface area (Å²) < 4.78 is 0. The Labute approximate surface area is 109 Å². The average Bonchev–Trinajstić information content (AvgIpc) is 2.27. The highest BCUT2D eigenvalue weighted by molar-refractivity contribution is 4.63. The Bertz CT molecular complexity index is 154. The van der Waals surface area contributed by atoms with Gasteiger partial charge in [0.25, 0.3) is 0 Å². The van der Waals surface area contributed by atoms with Gasteiger partial charge in [-0.1, -0.05) is 72.1 Å². The predicted octanol–water partition coefficient (Wildman–Crippen LogP) is 5.17. The van der Waals surface area contributed by atoms with Crippen LogP contribution >= 0.6 is 0 Å². The molecule has 0 rings (SSSR count). The molecule has 1 N–H and O–H groups in total. The van der Waals surface area contributed by atoms with Gasteiger partial charge in [0.15, 0.2) is 0 Å². The van der Waals surface area contributed by atoms with Crippen LogP contribution in [0.25, 0.3) is 0 Å². The SMILES string of the molecule is CCCCCC(C)CCCC(CC)CC(C)O. The Morgan fingerprint density at radius 2 is 1.53 bits per heavy atom. The molecule has 17 heavy (non-hydrogen) atoms. The van der Waals surface area contributed by atoms with Crippen LogP contribution in [0, 0.1) is 11.8 Å². The zero-order chi connectivity index (χ0) is 13.1. The molecule has 0 radical (unpaired) electrons. The lowest BCUT2D eigenvalue weighted by Crippen LogP contribution is -2.09. The molecule has 0 heterocycles. The molecule has 0 amide bonds. The second kappa shape index (κ2) is 11.1. The number of unbranched alkanes of at least 4 members (excludes halogenated alkanes) is 2. The zero-order valence-corrected chi connectivity index (χ0v) is 12.5. The van der Waals surface area contributed by atoms with Gasteiger partial charge in [0.2, 0.25) is 0 Å². The minimum atomic E-state index is -0.123. The molecule has 0 bridgehead atoms. The number of hydrogen-bond acceptors (Lipinski definition) is 1. The van der Waals surface area contributed by atoms with Gasteiger partial charge < -0.3 is 5.11 Å². The monoisotopic (exact) mass is 242 g/mol. The van der Waals surface area contributed by atoms with Crippen LogP contribution in [0.1, 0.15) is 85.5 Å². The molecule has 3 unspecified atom stereocenters. The lowest BCUT2D eigenvalue weighted by atomic mass is 9.90. The largest absolute Gasteiger partial charge is 0.393 e. The van der Waals surface area contributed by atoms with Crippen molar-refractivity contribution in [3.8, 4) is 0 Å². The van der Waals surface area contributed by atoms with Crippen molar-refractivity contribution >= 4 is 0 Å². The van der Waals surface area contributed by atoms with Crippen molar-refractivity contribution < 1.29 is 5.11 Å². The number of hydrogen-bond donors (Lipinski definition) is 1. The van der Waals surface area contributed by atoms with E-state index < -0.39 is 0 Å². The molecule has 0 aromatic rings. The van der Waals surface area contributed by atoms with Gasteiger partial charge in [-0.05, 0) is 25.2 Å². The third kappa shape index (κ3) is 10.8. The molecule has 0 saturated heterocycles. The van der Waals surface area contributed by atoms with Crippen molar-refractivity contribution in [2.45, 2.75) is 91.6 Å². The third-order valence-corrected chi connectivity index (χ3v) is 3.86. The summed E-state index contributed by atoms with van der Waals surface area (Å²) in [5.41, 5.74) is 0. The van der Waals surface area contributed by atoms with E-state index in [0.29, 0.717) is 0 Å². The Kier molecular flexibility index (Phi) is 11.0. The summed E-state index contributed by atoms with van der Waals surface area (Å²) >= 11 is 0. The minimum absolute atomic E-state index is 0.123. The fraction of sp³-hybridized carbons (Fsp3) is 1.00. The highest BCUT2D eigenvalue weighted by Gasteiger charge is 2.10. The second-order valence-corrected chi connectivity index (χ2v) is 5.89. The van der Waals surface area contributed by atoms with Gasteiger partial charge >= 0.3 is 0 Å². The fourth-order valence-electron chi connectivity index (χ4n) is 2.61. The van der Waals surface area contributed by atoms with Crippen LogP contribution in [0.2, 0.25) is 0 Å². The molecule has 0 aromatic carbocycles. The van der Waals surface area contributed by atoms with Crippen molar-refractivity contribution in [3.05, 3.63) is 0 Å². The molecular weight excluding hydrogens is 208 g/mol. The van der Waals surface area contributed by atoms with Crippen LogP contribution < -0.4 is 0 Å². The predicted molar refractivity (Wildman–Crippen MR) is 77.2 cm³/mol. The van der Waals surface area contributed by atoms with Crippen molar-refractivity contribution in [3.63, 3.8) is 0 Å². The highest BCUT2D eigenvalue weighted by Crippen LogP contribution is 2.22. The molecule has 0 aliphatic heterocycles. The highest BCUT2D eigenvalue weighted by atomic mass is 16.3. The van der Waals surface area contributed by atoms with Gasteiger partial charge in [-0.2, -0.15) is 0 Å². The molecule has 104 valence electrons. The molecule has 0 aliphatic carbocycles. The van der Waals surface area contributed by atoms with Crippen molar-refractivity contribution in [1.29, 1.82) is 0 Å². The number of rotatable bonds is 11. The second-order valence-electron chi connectivity index (χ2n) is 5.89. The first-order chi connectivity index (χ1) is 8.10. The Balaban J connectivity index is 3.52. The molecule has 0 fully saturated rings. The number of aliphatic hydroxyl groups is 1. The van der Waals surface area contributed by atoms with E-state index in [1.165, 1.54) is 51.4 Å². The molecule has 3 atom stereocenters. The van der Waals surface area contributed by atoms with Crippen LogP contribution in [0.5, 0.6) is 0 Å². The molecule has 0 saturated carbocycles. The molecule has 0 aliphatic rings. The first-order valence-electron chi connectivity index (χ1n) is 7.78. The van der Waals surface area contributed by atoms with Crippen molar-refractivity contribution in [2.75, 3.05) is 0 Å². The van der Waals surface area contributed by atoms with E-state index in [9.17, 15) is 5.11 Å². The quantitative estimate of drug-likeness (QED) is 0.496. The van der Waals surface area contributed by atoms with Crippen LogP contribution in [0.4, 0.5) is 0 Å². The first-order valence-corrected chi connectivity index (χ1v) is 7.78. The van der Waals surface area contributed by atoms with Crippen LogP contribution in [0.15, 0.2) is 0 Å². The summed E-state index contributed by atoms with van der Waals surface area (Å²) in [5.74, 6) is 1.63. The lowest BCUT2D eigenvalue weighted by Gasteiger charge is -2.17.